The first-order valence-corrected chi connectivity index (χ1v) is 9.38. The Hall–Kier alpha value is -3.72. The molecule has 4 rings (SSSR count). The molecule has 0 radical (unpaired) electrons. The van der Waals surface area contributed by atoms with Crippen molar-refractivity contribution >= 4 is 28.4 Å². The Balaban J connectivity index is 1.58. The van der Waals surface area contributed by atoms with Crippen LogP contribution >= 0.6 is 0 Å². The molecule has 0 bridgehead atoms. The number of anilines is 5. The van der Waals surface area contributed by atoms with Crippen molar-refractivity contribution < 1.29 is 0 Å². The zero-order valence-corrected chi connectivity index (χ0v) is 15.6. The Morgan fingerprint density at radius 2 is 1.18 bits per heavy atom. The minimum Gasteiger partial charge on any atom is -0.397 e. The summed E-state index contributed by atoms with van der Waals surface area (Å²) in [7, 11) is 0. The second kappa shape index (κ2) is 8.31. The lowest BCUT2D eigenvalue weighted by molar-refractivity contribution is 0.977. The van der Waals surface area contributed by atoms with E-state index in [1.54, 1.807) is 0 Å². The van der Waals surface area contributed by atoms with Crippen molar-refractivity contribution in [2.75, 3.05) is 16.0 Å². The lowest BCUT2D eigenvalue weighted by atomic mass is 10.1. The maximum absolute atomic E-state index is 6.27. The van der Waals surface area contributed by atoms with Gasteiger partial charge in [-0.2, -0.15) is 0 Å². The fourth-order valence-electron chi connectivity index (χ4n) is 3.22. The molecule has 0 heterocycles. The van der Waals surface area contributed by atoms with Crippen LogP contribution < -0.4 is 16.0 Å². The van der Waals surface area contributed by atoms with E-state index in [0.717, 1.165) is 35.0 Å². The van der Waals surface area contributed by atoms with Gasteiger partial charge in [-0.25, -0.2) is 0 Å². The van der Waals surface area contributed by atoms with Crippen LogP contribution in [-0.2, 0) is 6.54 Å². The zero-order chi connectivity index (χ0) is 19.2. The molecule has 3 heteroatoms. The summed E-state index contributed by atoms with van der Waals surface area (Å²) in [6, 6.07) is 37.1. The molecule has 0 aliphatic heterocycles. The Labute approximate surface area is 166 Å². The van der Waals surface area contributed by atoms with Crippen LogP contribution in [0.5, 0.6) is 0 Å². The molecule has 138 valence electrons. The Bertz CT molecular complexity index is 1010. The highest BCUT2D eigenvalue weighted by Gasteiger charge is 2.12. The summed E-state index contributed by atoms with van der Waals surface area (Å²) in [5.41, 5.74) is 12.5. The van der Waals surface area contributed by atoms with E-state index in [1.807, 2.05) is 54.6 Å². The quantitative estimate of drug-likeness (QED) is 0.391. The molecule has 0 aromatic heterocycles. The van der Waals surface area contributed by atoms with Gasteiger partial charge in [0.2, 0.25) is 0 Å². The SMILES string of the molecule is Nc1ccccc1N(Cc1ccc(Nc2ccccc2)cc1)c1ccccc1. The number of hydrogen-bond acceptors (Lipinski definition) is 3. The van der Waals surface area contributed by atoms with Crippen LogP contribution in [0.2, 0.25) is 0 Å². The number of nitrogen functional groups attached to an aromatic ring is 1. The normalized spacial score (nSPS) is 10.4. The molecule has 0 aliphatic rings. The first-order valence-electron chi connectivity index (χ1n) is 9.38. The Morgan fingerprint density at radius 3 is 1.86 bits per heavy atom. The molecule has 0 unspecified atom stereocenters. The van der Waals surface area contributed by atoms with Gasteiger partial charge >= 0.3 is 0 Å². The molecule has 3 nitrogen and oxygen atoms in total. The van der Waals surface area contributed by atoms with Gasteiger partial charge in [-0.05, 0) is 54.1 Å². The summed E-state index contributed by atoms with van der Waals surface area (Å²) in [5.74, 6) is 0. The Kier molecular flexibility index (Phi) is 5.25. The zero-order valence-electron chi connectivity index (χ0n) is 15.6. The third-order valence-corrected chi connectivity index (χ3v) is 4.65. The van der Waals surface area contributed by atoms with Gasteiger partial charge in [-0.15, -0.1) is 0 Å². The number of nitrogens with zero attached hydrogens (tertiary/aromatic N) is 1. The lowest BCUT2D eigenvalue weighted by Crippen LogP contribution is -2.17. The van der Waals surface area contributed by atoms with Crippen molar-refractivity contribution in [2.24, 2.45) is 0 Å². The molecular formula is C25H23N3. The van der Waals surface area contributed by atoms with Gasteiger partial charge in [0.1, 0.15) is 0 Å². The molecule has 0 amide bonds. The van der Waals surface area contributed by atoms with Gasteiger partial charge in [0.05, 0.1) is 11.4 Å². The van der Waals surface area contributed by atoms with Crippen LogP contribution in [0.3, 0.4) is 0 Å². The first kappa shape index (κ1) is 17.7. The summed E-state index contributed by atoms with van der Waals surface area (Å²) in [5, 5.41) is 3.42. The van der Waals surface area contributed by atoms with Crippen molar-refractivity contribution in [2.45, 2.75) is 6.54 Å². The molecule has 0 fully saturated rings. The molecule has 0 saturated heterocycles. The van der Waals surface area contributed by atoms with Crippen molar-refractivity contribution in [3.63, 3.8) is 0 Å². The van der Waals surface area contributed by atoms with E-state index in [9.17, 15) is 0 Å². The van der Waals surface area contributed by atoms with Gasteiger partial charge < -0.3 is 16.0 Å². The van der Waals surface area contributed by atoms with E-state index in [1.165, 1.54) is 5.56 Å². The van der Waals surface area contributed by atoms with E-state index in [4.69, 9.17) is 5.73 Å². The fraction of sp³-hybridized carbons (Fsp3) is 0.0400. The van der Waals surface area contributed by atoms with E-state index < -0.39 is 0 Å². The lowest BCUT2D eigenvalue weighted by Gasteiger charge is -2.26. The maximum atomic E-state index is 6.27. The van der Waals surface area contributed by atoms with Crippen LogP contribution in [0, 0.1) is 0 Å². The molecular weight excluding hydrogens is 342 g/mol. The second-order valence-corrected chi connectivity index (χ2v) is 6.67. The van der Waals surface area contributed by atoms with Crippen molar-refractivity contribution in [1.29, 1.82) is 0 Å². The predicted molar refractivity (Wildman–Crippen MR) is 119 cm³/mol. The number of benzene rings is 4. The summed E-state index contributed by atoms with van der Waals surface area (Å²) in [4.78, 5) is 2.25. The number of nitrogens with two attached hydrogens (primary N) is 1. The third kappa shape index (κ3) is 4.15. The van der Waals surface area contributed by atoms with Crippen LogP contribution in [-0.4, -0.2) is 0 Å². The van der Waals surface area contributed by atoms with Gasteiger partial charge in [0, 0.05) is 23.6 Å². The van der Waals surface area contributed by atoms with Crippen LogP contribution in [0.15, 0.2) is 109 Å². The van der Waals surface area contributed by atoms with Gasteiger partial charge in [-0.1, -0.05) is 60.7 Å². The average molecular weight is 365 g/mol. The summed E-state index contributed by atoms with van der Waals surface area (Å²) >= 11 is 0. The van der Waals surface area contributed by atoms with E-state index in [2.05, 4.69) is 64.8 Å². The predicted octanol–water partition coefficient (Wildman–Crippen LogP) is 6.35. The molecule has 4 aromatic rings. The van der Waals surface area contributed by atoms with Crippen molar-refractivity contribution in [3.8, 4) is 0 Å². The van der Waals surface area contributed by atoms with Gasteiger partial charge in [0.15, 0.2) is 0 Å². The summed E-state index contributed by atoms with van der Waals surface area (Å²) < 4.78 is 0. The van der Waals surface area contributed by atoms with Gasteiger partial charge in [-0.3, -0.25) is 0 Å². The third-order valence-electron chi connectivity index (χ3n) is 4.65. The monoisotopic (exact) mass is 365 g/mol. The molecule has 4 aromatic carbocycles. The largest absolute Gasteiger partial charge is 0.397 e. The molecule has 0 aliphatic carbocycles. The average Bonchev–Trinajstić information content (AvgIpc) is 2.75. The molecule has 28 heavy (non-hydrogen) atoms. The molecule has 3 N–H and O–H groups in total. The van der Waals surface area contributed by atoms with Crippen LogP contribution in [0.25, 0.3) is 0 Å². The summed E-state index contributed by atoms with van der Waals surface area (Å²) in [6.45, 7) is 0.740. The number of para-hydroxylation sites is 4. The van der Waals surface area contributed by atoms with Crippen LogP contribution in [0.1, 0.15) is 5.56 Å². The minimum atomic E-state index is 0.740. The number of hydrogen-bond donors (Lipinski definition) is 2. The first-order chi connectivity index (χ1) is 13.8. The van der Waals surface area contributed by atoms with E-state index >= 15 is 0 Å². The van der Waals surface area contributed by atoms with E-state index in [0.29, 0.717) is 0 Å². The smallest absolute Gasteiger partial charge is 0.0647 e. The molecule has 0 saturated carbocycles. The summed E-state index contributed by atoms with van der Waals surface area (Å²) in [6.07, 6.45) is 0. The van der Waals surface area contributed by atoms with Crippen molar-refractivity contribution in [1.82, 2.24) is 0 Å². The van der Waals surface area contributed by atoms with E-state index in [-0.39, 0.29) is 0 Å². The Morgan fingerprint density at radius 1 is 0.607 bits per heavy atom. The highest BCUT2D eigenvalue weighted by Crippen LogP contribution is 2.32. The standard InChI is InChI=1S/C25H23N3/c26-24-13-7-8-14-25(24)28(23-11-5-2-6-12-23)19-20-15-17-22(18-16-20)27-21-9-3-1-4-10-21/h1-18,27H,19,26H2. The van der Waals surface area contributed by atoms with Gasteiger partial charge in [0.25, 0.3) is 0 Å². The topological polar surface area (TPSA) is 41.3 Å². The minimum absolute atomic E-state index is 0.740. The highest BCUT2D eigenvalue weighted by molar-refractivity contribution is 5.74. The van der Waals surface area contributed by atoms with Crippen molar-refractivity contribution in [3.05, 3.63) is 115 Å². The fourth-order valence-corrected chi connectivity index (χ4v) is 3.22. The second-order valence-electron chi connectivity index (χ2n) is 6.67. The number of rotatable bonds is 6. The number of nitrogens with one attached hydrogen (secondary N) is 1. The molecule has 0 atom stereocenters. The van der Waals surface area contributed by atoms with Crippen LogP contribution in [0.4, 0.5) is 28.4 Å². The highest BCUT2D eigenvalue weighted by atomic mass is 15.1. The maximum Gasteiger partial charge on any atom is 0.0647 e. The molecule has 0 spiro atoms.